The molecule has 1 aromatic carbocycles. The Kier molecular flexibility index (Phi) is 3.99. The van der Waals surface area contributed by atoms with Crippen LogP contribution in [0.25, 0.3) is 0 Å². The van der Waals surface area contributed by atoms with Crippen LogP contribution >= 0.6 is 15.9 Å². The third-order valence-electron chi connectivity index (χ3n) is 3.78. The Labute approximate surface area is 118 Å². The maximum atomic E-state index is 5.88. The van der Waals surface area contributed by atoms with Crippen LogP contribution in [0.3, 0.4) is 0 Å². The first-order valence-electron chi connectivity index (χ1n) is 6.35. The van der Waals surface area contributed by atoms with Crippen LogP contribution in [0.2, 0.25) is 0 Å². The summed E-state index contributed by atoms with van der Waals surface area (Å²) in [6.07, 6.45) is 0. The summed E-state index contributed by atoms with van der Waals surface area (Å²) < 4.78 is 1.06. The van der Waals surface area contributed by atoms with Gasteiger partial charge >= 0.3 is 0 Å². The lowest BCUT2D eigenvalue weighted by atomic mass is 9.99. The van der Waals surface area contributed by atoms with Crippen LogP contribution < -0.4 is 5.73 Å². The fraction of sp³-hybridized carbons (Fsp3) is 0.571. The summed E-state index contributed by atoms with van der Waals surface area (Å²) in [6.45, 7) is 8.91. The SMILES string of the molecule is CN1CCN(Cc2cc(N)cc(Br)c2)CC1(C)C. The predicted molar refractivity (Wildman–Crippen MR) is 80.5 cm³/mol. The van der Waals surface area contributed by atoms with Crippen LogP contribution in [0.4, 0.5) is 5.69 Å². The molecule has 2 rings (SSSR count). The molecule has 0 bridgehead atoms. The Morgan fingerprint density at radius 1 is 1.28 bits per heavy atom. The smallest absolute Gasteiger partial charge is 0.0328 e. The summed E-state index contributed by atoms with van der Waals surface area (Å²) >= 11 is 3.50. The molecule has 18 heavy (non-hydrogen) atoms. The van der Waals surface area contributed by atoms with E-state index in [1.165, 1.54) is 5.56 Å². The second kappa shape index (κ2) is 5.19. The number of nitrogens with two attached hydrogens (primary N) is 1. The van der Waals surface area contributed by atoms with Crippen molar-refractivity contribution in [2.75, 3.05) is 32.4 Å². The summed E-state index contributed by atoms with van der Waals surface area (Å²) in [6, 6.07) is 6.16. The fourth-order valence-electron chi connectivity index (χ4n) is 2.50. The van der Waals surface area contributed by atoms with E-state index < -0.39 is 0 Å². The molecule has 0 atom stereocenters. The molecule has 0 aromatic heterocycles. The van der Waals surface area contributed by atoms with Crippen LogP contribution in [0.15, 0.2) is 22.7 Å². The van der Waals surface area contributed by atoms with Gasteiger partial charge in [-0.25, -0.2) is 0 Å². The zero-order chi connectivity index (χ0) is 13.3. The molecule has 1 saturated heterocycles. The third-order valence-corrected chi connectivity index (χ3v) is 4.24. The van der Waals surface area contributed by atoms with Gasteiger partial charge in [0.1, 0.15) is 0 Å². The molecule has 100 valence electrons. The van der Waals surface area contributed by atoms with Gasteiger partial charge in [-0.3, -0.25) is 9.80 Å². The zero-order valence-electron chi connectivity index (χ0n) is 11.4. The molecule has 0 radical (unpaired) electrons. The maximum Gasteiger partial charge on any atom is 0.0328 e. The summed E-state index contributed by atoms with van der Waals surface area (Å²) in [7, 11) is 2.20. The number of halogens is 1. The average molecular weight is 312 g/mol. The van der Waals surface area contributed by atoms with E-state index in [1.807, 2.05) is 6.07 Å². The molecular weight excluding hydrogens is 290 g/mol. The second-order valence-corrected chi connectivity index (χ2v) is 6.75. The van der Waals surface area contributed by atoms with Crippen LogP contribution in [0.1, 0.15) is 19.4 Å². The molecule has 1 fully saturated rings. The topological polar surface area (TPSA) is 32.5 Å². The number of rotatable bonds is 2. The fourth-order valence-corrected chi connectivity index (χ4v) is 3.06. The summed E-state index contributed by atoms with van der Waals surface area (Å²) in [4.78, 5) is 4.93. The highest BCUT2D eigenvalue weighted by Crippen LogP contribution is 2.23. The van der Waals surface area contributed by atoms with Crippen molar-refractivity contribution in [3.8, 4) is 0 Å². The van der Waals surface area contributed by atoms with E-state index in [2.05, 4.69) is 58.8 Å². The molecule has 2 N–H and O–H groups in total. The van der Waals surface area contributed by atoms with Crippen LogP contribution in [0, 0.1) is 0 Å². The number of nitrogens with zero attached hydrogens (tertiary/aromatic N) is 2. The highest BCUT2D eigenvalue weighted by atomic mass is 79.9. The monoisotopic (exact) mass is 311 g/mol. The van der Waals surface area contributed by atoms with Crippen LogP contribution in [-0.2, 0) is 6.54 Å². The number of piperazine rings is 1. The molecule has 0 spiro atoms. The Morgan fingerprint density at radius 3 is 2.61 bits per heavy atom. The summed E-state index contributed by atoms with van der Waals surface area (Å²) in [5.41, 5.74) is 8.24. The van der Waals surface area contributed by atoms with Crippen LogP contribution in [-0.4, -0.2) is 42.0 Å². The Morgan fingerprint density at radius 2 is 2.00 bits per heavy atom. The minimum atomic E-state index is 0.246. The van der Waals surface area contributed by atoms with Crippen LogP contribution in [0.5, 0.6) is 0 Å². The minimum Gasteiger partial charge on any atom is -0.399 e. The van der Waals surface area contributed by atoms with Crippen molar-refractivity contribution in [1.82, 2.24) is 9.80 Å². The molecule has 4 heteroatoms. The van der Waals surface area contributed by atoms with E-state index in [0.717, 1.165) is 36.3 Å². The quantitative estimate of drug-likeness (QED) is 0.852. The lowest BCUT2D eigenvalue weighted by molar-refractivity contribution is 0.0360. The first kappa shape index (κ1) is 13.8. The van der Waals surface area contributed by atoms with Crippen molar-refractivity contribution < 1.29 is 0 Å². The van der Waals surface area contributed by atoms with Crippen molar-refractivity contribution in [1.29, 1.82) is 0 Å². The first-order chi connectivity index (χ1) is 8.37. The number of anilines is 1. The number of hydrogen-bond donors (Lipinski definition) is 1. The van der Waals surface area contributed by atoms with E-state index >= 15 is 0 Å². The molecule has 1 aromatic rings. The van der Waals surface area contributed by atoms with Gasteiger partial charge in [-0.1, -0.05) is 15.9 Å². The van der Waals surface area contributed by atoms with Gasteiger partial charge in [-0.15, -0.1) is 0 Å². The van der Waals surface area contributed by atoms with Crippen molar-refractivity contribution in [2.45, 2.75) is 25.9 Å². The normalized spacial score (nSPS) is 21.1. The molecule has 3 nitrogen and oxygen atoms in total. The van der Waals surface area contributed by atoms with E-state index in [-0.39, 0.29) is 5.54 Å². The van der Waals surface area contributed by atoms with Gasteiger partial charge < -0.3 is 5.73 Å². The van der Waals surface area contributed by atoms with Gasteiger partial charge in [0, 0.05) is 41.9 Å². The van der Waals surface area contributed by atoms with Gasteiger partial charge in [0.15, 0.2) is 0 Å². The highest BCUT2D eigenvalue weighted by molar-refractivity contribution is 9.10. The lowest BCUT2D eigenvalue weighted by Gasteiger charge is -2.45. The predicted octanol–water partition coefficient (Wildman–Crippen LogP) is 2.56. The number of nitrogen functional groups attached to an aromatic ring is 1. The Hall–Kier alpha value is -0.580. The standard InChI is InChI=1S/C14H22BrN3/c1-14(2)10-18(5-4-17(14)3)9-11-6-12(15)8-13(16)7-11/h6-8H,4-5,9-10,16H2,1-3H3. The van der Waals surface area contributed by atoms with Gasteiger partial charge in [-0.05, 0) is 44.7 Å². The summed E-state index contributed by atoms with van der Waals surface area (Å²) in [5, 5.41) is 0. The van der Waals surface area contributed by atoms with Gasteiger partial charge in [-0.2, -0.15) is 0 Å². The first-order valence-corrected chi connectivity index (χ1v) is 7.15. The zero-order valence-corrected chi connectivity index (χ0v) is 13.0. The Balaban J connectivity index is 2.06. The van der Waals surface area contributed by atoms with E-state index in [4.69, 9.17) is 5.73 Å². The minimum absolute atomic E-state index is 0.246. The van der Waals surface area contributed by atoms with E-state index in [0.29, 0.717) is 0 Å². The van der Waals surface area contributed by atoms with Crippen molar-refractivity contribution in [2.24, 2.45) is 0 Å². The third kappa shape index (κ3) is 3.25. The Bertz CT molecular complexity index is 411. The maximum absolute atomic E-state index is 5.88. The summed E-state index contributed by atoms with van der Waals surface area (Å²) in [5.74, 6) is 0. The number of benzene rings is 1. The van der Waals surface area contributed by atoms with E-state index in [1.54, 1.807) is 0 Å². The van der Waals surface area contributed by atoms with Gasteiger partial charge in [0.25, 0.3) is 0 Å². The average Bonchev–Trinajstić information content (AvgIpc) is 2.21. The van der Waals surface area contributed by atoms with Crippen molar-refractivity contribution >= 4 is 21.6 Å². The molecule has 0 aliphatic carbocycles. The van der Waals surface area contributed by atoms with Gasteiger partial charge in [0.05, 0.1) is 0 Å². The molecule has 0 saturated carbocycles. The molecule has 0 amide bonds. The molecule has 0 unspecified atom stereocenters. The molecular formula is C14H22BrN3. The van der Waals surface area contributed by atoms with E-state index in [9.17, 15) is 0 Å². The van der Waals surface area contributed by atoms with Crippen molar-refractivity contribution in [3.63, 3.8) is 0 Å². The lowest BCUT2D eigenvalue weighted by Crippen LogP contribution is -2.57. The molecule has 1 heterocycles. The largest absolute Gasteiger partial charge is 0.399 e. The highest BCUT2D eigenvalue weighted by Gasteiger charge is 2.30. The number of likely N-dealkylation sites (N-methyl/N-ethyl adjacent to an activating group) is 1. The second-order valence-electron chi connectivity index (χ2n) is 5.84. The van der Waals surface area contributed by atoms with Gasteiger partial charge in [0.2, 0.25) is 0 Å². The molecule has 1 aliphatic rings. The number of hydrogen-bond acceptors (Lipinski definition) is 3. The molecule has 1 aliphatic heterocycles. The van der Waals surface area contributed by atoms with Crippen molar-refractivity contribution in [3.05, 3.63) is 28.2 Å².